The van der Waals surface area contributed by atoms with Gasteiger partial charge < -0.3 is 4.90 Å². The van der Waals surface area contributed by atoms with E-state index in [2.05, 4.69) is 5.43 Å². The third-order valence-electron chi connectivity index (χ3n) is 3.18. The number of hydrogen-bond donors (Lipinski definition) is 2. The molecule has 0 radical (unpaired) electrons. The number of benzene rings is 1. The lowest BCUT2D eigenvalue weighted by Crippen LogP contribution is -2.48. The molecule has 1 heterocycles. The molecule has 0 spiro atoms. The summed E-state index contributed by atoms with van der Waals surface area (Å²) in [4.78, 5) is 36.8. The maximum absolute atomic E-state index is 12.0. The molecule has 2 rings (SSSR count). The Balaban J connectivity index is 2.34. The van der Waals surface area contributed by atoms with Gasteiger partial charge in [-0.2, -0.15) is 0 Å². The van der Waals surface area contributed by atoms with Gasteiger partial charge in [0.25, 0.3) is 11.7 Å². The standard InChI is InChI=1S/C13H15N3O3/c1-13(2,12(19)15-14)7-16-9-6-4-3-5-8(9)10(17)11(16)18/h3-6H,7,14H2,1-2H3,(H,15,19). The Bertz CT molecular complexity index is 566. The summed E-state index contributed by atoms with van der Waals surface area (Å²) in [5.74, 6) is 3.57. The maximum atomic E-state index is 12.0. The normalized spacial score (nSPS) is 14.6. The van der Waals surface area contributed by atoms with Crippen LogP contribution in [0.1, 0.15) is 24.2 Å². The van der Waals surface area contributed by atoms with Gasteiger partial charge >= 0.3 is 0 Å². The summed E-state index contributed by atoms with van der Waals surface area (Å²) >= 11 is 0. The number of Topliss-reactive ketones (excluding diaryl/α,β-unsaturated/α-hetero) is 1. The van der Waals surface area contributed by atoms with Crippen LogP contribution < -0.4 is 16.2 Å². The van der Waals surface area contributed by atoms with Crippen LogP contribution in [0.3, 0.4) is 0 Å². The Morgan fingerprint density at radius 3 is 2.58 bits per heavy atom. The number of hydrazine groups is 1. The molecule has 0 saturated carbocycles. The first-order valence-corrected chi connectivity index (χ1v) is 5.85. The fourth-order valence-corrected chi connectivity index (χ4v) is 2.07. The minimum absolute atomic E-state index is 0.0949. The molecule has 1 aliphatic rings. The molecule has 0 bridgehead atoms. The van der Waals surface area contributed by atoms with Crippen molar-refractivity contribution < 1.29 is 14.4 Å². The molecule has 0 fully saturated rings. The molecule has 0 unspecified atom stereocenters. The number of nitrogens with zero attached hydrogens (tertiary/aromatic N) is 1. The summed E-state index contributed by atoms with van der Waals surface area (Å²) in [6.45, 7) is 3.42. The van der Waals surface area contributed by atoms with Crippen LogP contribution in [0.15, 0.2) is 24.3 Å². The van der Waals surface area contributed by atoms with Crippen molar-refractivity contribution in [2.75, 3.05) is 11.4 Å². The molecule has 0 saturated heterocycles. The number of carbonyl (C=O) groups excluding carboxylic acids is 3. The number of anilines is 1. The van der Waals surface area contributed by atoms with Crippen LogP contribution in [-0.2, 0) is 9.59 Å². The number of fused-ring (bicyclic) bond motifs is 1. The Hall–Kier alpha value is -2.21. The monoisotopic (exact) mass is 261 g/mol. The zero-order chi connectivity index (χ0) is 14.2. The largest absolute Gasteiger partial charge is 0.304 e. The molecular formula is C13H15N3O3. The molecule has 2 amide bonds. The first-order valence-electron chi connectivity index (χ1n) is 5.85. The third kappa shape index (κ3) is 2.10. The third-order valence-corrected chi connectivity index (χ3v) is 3.18. The van der Waals surface area contributed by atoms with Crippen molar-refractivity contribution in [3.8, 4) is 0 Å². The van der Waals surface area contributed by atoms with E-state index in [9.17, 15) is 14.4 Å². The van der Waals surface area contributed by atoms with Gasteiger partial charge in [0.1, 0.15) is 0 Å². The summed E-state index contributed by atoms with van der Waals surface area (Å²) in [6, 6.07) is 6.74. The lowest BCUT2D eigenvalue weighted by atomic mass is 9.91. The van der Waals surface area contributed by atoms with E-state index in [0.29, 0.717) is 11.3 Å². The molecular weight excluding hydrogens is 246 g/mol. The molecule has 1 aliphatic heterocycles. The van der Waals surface area contributed by atoms with Crippen LogP contribution in [0.4, 0.5) is 5.69 Å². The van der Waals surface area contributed by atoms with Crippen molar-refractivity contribution in [3.05, 3.63) is 29.8 Å². The van der Waals surface area contributed by atoms with E-state index < -0.39 is 23.0 Å². The fraction of sp³-hybridized carbons (Fsp3) is 0.308. The van der Waals surface area contributed by atoms with Crippen LogP contribution >= 0.6 is 0 Å². The molecule has 6 nitrogen and oxygen atoms in total. The molecule has 0 atom stereocenters. The molecule has 1 aromatic carbocycles. The minimum Gasteiger partial charge on any atom is -0.304 e. The van der Waals surface area contributed by atoms with Gasteiger partial charge in [0.15, 0.2) is 0 Å². The summed E-state index contributed by atoms with van der Waals surface area (Å²) in [7, 11) is 0. The Kier molecular flexibility index (Phi) is 3.11. The second-order valence-electron chi connectivity index (χ2n) is 5.09. The van der Waals surface area contributed by atoms with Gasteiger partial charge in [-0.3, -0.25) is 19.8 Å². The van der Waals surface area contributed by atoms with Crippen molar-refractivity contribution >= 4 is 23.3 Å². The number of hydrogen-bond acceptors (Lipinski definition) is 4. The van der Waals surface area contributed by atoms with Gasteiger partial charge in [-0.15, -0.1) is 0 Å². The number of nitrogens with two attached hydrogens (primary N) is 1. The van der Waals surface area contributed by atoms with Crippen molar-refractivity contribution in [1.82, 2.24) is 5.43 Å². The number of rotatable bonds is 3. The molecule has 0 aliphatic carbocycles. The van der Waals surface area contributed by atoms with Crippen molar-refractivity contribution in [2.45, 2.75) is 13.8 Å². The SMILES string of the molecule is CC(C)(CN1C(=O)C(=O)c2ccccc21)C(=O)NN. The van der Waals surface area contributed by atoms with E-state index in [0.717, 1.165) is 0 Å². The van der Waals surface area contributed by atoms with E-state index in [1.54, 1.807) is 38.1 Å². The van der Waals surface area contributed by atoms with Crippen LogP contribution in [0.5, 0.6) is 0 Å². The predicted molar refractivity (Wildman–Crippen MR) is 69.2 cm³/mol. The fourth-order valence-electron chi connectivity index (χ4n) is 2.07. The van der Waals surface area contributed by atoms with Gasteiger partial charge in [0.2, 0.25) is 5.91 Å². The van der Waals surface area contributed by atoms with E-state index in [1.807, 2.05) is 0 Å². The quantitative estimate of drug-likeness (QED) is 0.352. The lowest BCUT2D eigenvalue weighted by molar-refractivity contribution is -0.129. The zero-order valence-corrected chi connectivity index (χ0v) is 10.8. The summed E-state index contributed by atoms with van der Waals surface area (Å²) < 4.78 is 0. The Labute approximate surface area is 110 Å². The van der Waals surface area contributed by atoms with E-state index >= 15 is 0 Å². The van der Waals surface area contributed by atoms with Crippen molar-refractivity contribution in [2.24, 2.45) is 11.3 Å². The highest BCUT2D eigenvalue weighted by molar-refractivity contribution is 6.52. The van der Waals surface area contributed by atoms with Gasteiger partial charge in [0, 0.05) is 6.54 Å². The van der Waals surface area contributed by atoms with Gasteiger partial charge in [-0.05, 0) is 26.0 Å². The van der Waals surface area contributed by atoms with Gasteiger partial charge in [-0.1, -0.05) is 12.1 Å². The highest BCUT2D eigenvalue weighted by atomic mass is 16.2. The molecule has 100 valence electrons. The number of para-hydroxylation sites is 1. The first kappa shape index (κ1) is 13.2. The molecule has 3 N–H and O–H groups in total. The molecule has 0 aromatic heterocycles. The summed E-state index contributed by atoms with van der Waals surface area (Å²) in [5.41, 5.74) is 2.09. The second-order valence-corrected chi connectivity index (χ2v) is 5.09. The highest BCUT2D eigenvalue weighted by Crippen LogP contribution is 2.31. The Morgan fingerprint density at radius 1 is 1.32 bits per heavy atom. The number of amides is 2. The highest BCUT2D eigenvalue weighted by Gasteiger charge is 2.40. The number of ketones is 1. The van der Waals surface area contributed by atoms with E-state index in [1.165, 1.54) is 4.90 Å². The lowest BCUT2D eigenvalue weighted by Gasteiger charge is -2.28. The second kappa shape index (κ2) is 4.47. The zero-order valence-electron chi connectivity index (χ0n) is 10.8. The van der Waals surface area contributed by atoms with E-state index in [-0.39, 0.29) is 6.54 Å². The van der Waals surface area contributed by atoms with Crippen LogP contribution in [0, 0.1) is 5.41 Å². The van der Waals surface area contributed by atoms with Gasteiger partial charge in [-0.25, -0.2) is 5.84 Å². The summed E-state index contributed by atoms with van der Waals surface area (Å²) in [5, 5.41) is 0. The number of nitrogens with one attached hydrogen (secondary N) is 1. The smallest absolute Gasteiger partial charge is 0.299 e. The van der Waals surface area contributed by atoms with Crippen LogP contribution in [0.25, 0.3) is 0 Å². The molecule has 19 heavy (non-hydrogen) atoms. The average molecular weight is 261 g/mol. The van der Waals surface area contributed by atoms with Crippen LogP contribution in [0.2, 0.25) is 0 Å². The first-order chi connectivity index (χ1) is 8.88. The van der Waals surface area contributed by atoms with Crippen molar-refractivity contribution in [1.29, 1.82) is 0 Å². The van der Waals surface area contributed by atoms with E-state index in [4.69, 9.17) is 5.84 Å². The maximum Gasteiger partial charge on any atom is 0.299 e. The topological polar surface area (TPSA) is 92.5 Å². The molecule has 6 heteroatoms. The Morgan fingerprint density at radius 2 is 1.95 bits per heavy atom. The minimum atomic E-state index is -0.887. The van der Waals surface area contributed by atoms with Crippen LogP contribution in [-0.4, -0.2) is 24.1 Å². The van der Waals surface area contributed by atoms with Gasteiger partial charge in [0.05, 0.1) is 16.7 Å². The molecule has 1 aromatic rings. The van der Waals surface area contributed by atoms with Crippen molar-refractivity contribution in [3.63, 3.8) is 0 Å². The average Bonchev–Trinajstić information content (AvgIpc) is 2.63. The predicted octanol–water partition coefficient (Wildman–Crippen LogP) is 0.232. The summed E-state index contributed by atoms with van der Waals surface area (Å²) in [6.07, 6.45) is 0. The number of carbonyl (C=O) groups is 3.